The van der Waals surface area contributed by atoms with Crippen molar-refractivity contribution in [3.05, 3.63) is 213 Å². The fourth-order valence-electron chi connectivity index (χ4n) is 9.94. The molecular formula is C76H78BCl2F3IN18O11-. The van der Waals surface area contributed by atoms with E-state index in [9.17, 15) is 52.5 Å². The summed E-state index contributed by atoms with van der Waals surface area (Å²) in [5.41, 5.74) is 8.37. The Balaban J connectivity index is 0.000000212. The fraction of sp³-hybridized carbons (Fsp3) is 0.276. The van der Waals surface area contributed by atoms with Gasteiger partial charge in [-0.25, -0.2) is 37.0 Å². The molecule has 584 valence electrons. The molecule has 0 saturated carbocycles. The molecular weight excluding hydrogens is 1610 g/mol. The first-order chi connectivity index (χ1) is 52.2. The van der Waals surface area contributed by atoms with Crippen molar-refractivity contribution in [2.45, 2.75) is 116 Å². The summed E-state index contributed by atoms with van der Waals surface area (Å²) in [6.45, 7) is 14.9. The van der Waals surface area contributed by atoms with Crippen LogP contribution in [0.1, 0.15) is 138 Å². The lowest BCUT2D eigenvalue weighted by atomic mass is 9.85. The van der Waals surface area contributed by atoms with Crippen molar-refractivity contribution >= 4 is 111 Å². The molecule has 112 heavy (non-hydrogen) atoms. The van der Waals surface area contributed by atoms with Crippen molar-refractivity contribution in [2.75, 3.05) is 35.6 Å². The van der Waals surface area contributed by atoms with E-state index in [1.54, 1.807) is 94.1 Å². The Morgan fingerprint density at radius 1 is 0.536 bits per heavy atom. The van der Waals surface area contributed by atoms with Crippen LogP contribution < -0.4 is 73.1 Å². The second kappa shape index (κ2) is 37.6. The smallest absolute Gasteiger partial charge is 0.514 e. The summed E-state index contributed by atoms with van der Waals surface area (Å²) in [5.74, 6) is 1.92. The molecule has 3 aromatic carbocycles. The minimum Gasteiger partial charge on any atom is -1.00 e. The van der Waals surface area contributed by atoms with Gasteiger partial charge in [0.05, 0.1) is 150 Å². The monoisotopic (exact) mass is 1680 g/mol. The first-order valence-electron chi connectivity index (χ1n) is 33.8. The van der Waals surface area contributed by atoms with E-state index < -0.39 is 78.6 Å². The number of carbonyl (C=O) groups excluding carboxylic acids is 5. The molecule has 1 saturated heterocycles. The largest absolute Gasteiger partial charge is 1.00 e. The van der Waals surface area contributed by atoms with E-state index in [1.165, 1.54) is 103 Å². The van der Waals surface area contributed by atoms with E-state index in [-0.39, 0.29) is 80.8 Å². The zero-order valence-electron chi connectivity index (χ0n) is 61.9. The highest BCUT2D eigenvalue weighted by atomic mass is 127. The summed E-state index contributed by atoms with van der Waals surface area (Å²) in [7, 11) is -0.456. The molecule has 29 nitrogen and oxygen atoms in total. The average Bonchev–Trinajstić information content (AvgIpc) is 1.60. The van der Waals surface area contributed by atoms with E-state index in [0.717, 1.165) is 11.1 Å². The van der Waals surface area contributed by atoms with Crippen LogP contribution in [0.25, 0.3) is 22.4 Å². The number of carbonyl (C=O) groups is 5. The number of rotatable bonds is 22. The highest BCUT2D eigenvalue weighted by Gasteiger charge is 2.53. The van der Waals surface area contributed by atoms with Crippen molar-refractivity contribution in [1.29, 1.82) is 15.8 Å². The summed E-state index contributed by atoms with van der Waals surface area (Å²) < 4.78 is 57.3. The summed E-state index contributed by atoms with van der Waals surface area (Å²) in [4.78, 5) is 76.9. The molecule has 1 fully saturated rings. The topological polar surface area (TPSA) is 443 Å². The van der Waals surface area contributed by atoms with Crippen LogP contribution in [0, 0.1) is 34.0 Å². The number of alkyl halides is 3. The molecule has 0 aliphatic carbocycles. The van der Waals surface area contributed by atoms with E-state index in [0.29, 0.717) is 73.3 Å². The lowest BCUT2D eigenvalue weighted by Gasteiger charge is -2.32. The van der Waals surface area contributed by atoms with E-state index >= 15 is 0 Å². The van der Waals surface area contributed by atoms with Gasteiger partial charge in [0, 0.05) is 41.2 Å². The normalized spacial score (nSPS) is 13.5. The predicted octanol–water partition coefficient (Wildman–Crippen LogP) is 7.00. The van der Waals surface area contributed by atoms with Crippen molar-refractivity contribution in [3.8, 4) is 29.6 Å². The van der Waals surface area contributed by atoms with Gasteiger partial charge in [-0.1, -0.05) is 23.2 Å². The number of halogens is 6. The van der Waals surface area contributed by atoms with Crippen molar-refractivity contribution in [2.24, 2.45) is 11.6 Å². The zero-order valence-corrected chi connectivity index (χ0v) is 65.6. The fourth-order valence-corrected chi connectivity index (χ4v) is 10.3. The number of nitriles is 3. The van der Waals surface area contributed by atoms with E-state index in [1.807, 2.05) is 52.0 Å². The number of amides is 4. The van der Waals surface area contributed by atoms with Gasteiger partial charge in [0.15, 0.2) is 0 Å². The number of benzene rings is 3. The van der Waals surface area contributed by atoms with Crippen molar-refractivity contribution < 1.29 is 90.6 Å². The number of pyridine rings is 3. The number of primary amides is 1. The van der Waals surface area contributed by atoms with Crippen molar-refractivity contribution in [1.82, 2.24) is 50.1 Å². The second-order valence-corrected chi connectivity index (χ2v) is 28.4. The summed E-state index contributed by atoms with van der Waals surface area (Å²) >= 11 is 11.8. The standard InChI is InChI=1S/C26H24FN7O4.C18H20ClFN4O3.C18H18ClFN4O2.C14H16BN3O2.HI/c1-26(2,37)23(27)14-31-24(35)19-13-30-21(22-8-7-18-9-15(11-28)12-32-34(18)22)10-20(19)33-17-5-3-16(4-6-17)25(36)38-29;1-18(2,27)14(20)9-23-17(26)12-8-22-15(19)7-13(12)24-11-5-3-10(4-6-11)16(21)25;1-18(2,26)15(20)10-23-17(25)13-9-22-16(19)7-14(13)24-12-5-3-11(8-21)4-6-12;1-13(2)14(3,4)20-15(19-13)12-6-5-11-7-10(8-16)9-17-18(11)12;/h3-10,12-13,23,37H,14,29H2,1-2H3,(H,30,33)(H,31,35);3-8,14,27H,9H2,1-2H3,(H2,21,25)(H,22,24)(H,23,26);3-7,9,15,26H,10H2,1-2H3,(H,22,24)(H,23,25);5-7,9H,1-4H3;1H/p-1/t23-;14-;15-;;/m111../s1. The van der Waals surface area contributed by atoms with Crippen molar-refractivity contribution in [3.63, 3.8) is 0 Å². The maximum atomic E-state index is 14.2. The van der Waals surface area contributed by atoms with Crippen LogP contribution >= 0.6 is 23.2 Å². The third kappa shape index (κ3) is 23.1. The SMILES string of the molecule is CC(C)(O)[C@H](F)CNC(=O)c1cnc(-c2ccc3cc(C#N)cnn23)cc1Nc1ccc(C(=O)ON)cc1.CC(C)(O)[C@H](F)CNC(=O)c1cnc(Cl)cc1Nc1ccc(C#N)cc1.CC(C)(O)[C@H](F)CNC(=O)c1cnc(Cl)cc1Nc1ccc(C(N)=O)cc1.CC1(C)OB(c2ccc3cc(C#N)cnn23)OC1(C)C.[I-]. The molecule has 7 aromatic heterocycles. The van der Waals surface area contributed by atoms with Gasteiger partial charge < -0.3 is 91.1 Å². The van der Waals surface area contributed by atoms with Gasteiger partial charge in [-0.05, 0) is 197 Å². The molecule has 10 aromatic rings. The number of aliphatic hydroxyl groups is 3. The molecule has 36 heteroatoms. The number of nitrogens with zero attached hydrogens (tertiary/aromatic N) is 10. The lowest BCUT2D eigenvalue weighted by Crippen LogP contribution is -3.00. The Morgan fingerprint density at radius 3 is 1.29 bits per heavy atom. The molecule has 1 aliphatic heterocycles. The number of aromatic nitrogens is 7. The number of hydrogen-bond donors (Lipinski definition) is 11. The maximum absolute atomic E-state index is 14.2. The quantitative estimate of drug-likeness (QED) is 0.0141. The molecule has 4 amide bonds. The first kappa shape index (κ1) is 87.9. The maximum Gasteiger partial charge on any atom is 0.514 e. The van der Waals surface area contributed by atoms with E-state index in [4.69, 9.17) is 59.9 Å². The lowest BCUT2D eigenvalue weighted by molar-refractivity contribution is -0.00209. The summed E-state index contributed by atoms with van der Waals surface area (Å²) in [6, 6.07) is 40.6. The van der Waals surface area contributed by atoms with Crippen LogP contribution in [0.2, 0.25) is 10.3 Å². The highest BCUT2D eigenvalue weighted by Crippen LogP contribution is 2.37. The van der Waals surface area contributed by atoms with Crippen LogP contribution in [0.4, 0.5) is 47.3 Å². The van der Waals surface area contributed by atoms with Crippen LogP contribution in [-0.2, 0) is 14.1 Å². The Kier molecular flexibility index (Phi) is 29.5. The molecule has 0 bridgehead atoms. The Morgan fingerprint density at radius 2 is 0.902 bits per heavy atom. The number of anilines is 6. The van der Waals surface area contributed by atoms with Gasteiger partial charge in [-0.2, -0.15) is 31.9 Å². The highest BCUT2D eigenvalue weighted by molar-refractivity contribution is 6.61. The molecule has 0 unspecified atom stereocenters. The zero-order chi connectivity index (χ0) is 81.5. The number of fused-ring (bicyclic) bond motifs is 2. The number of nitrogens with one attached hydrogen (secondary N) is 6. The summed E-state index contributed by atoms with van der Waals surface area (Å²) in [6.07, 6.45) is 1.90. The molecule has 0 radical (unpaired) electrons. The molecule has 11 rings (SSSR count). The molecule has 3 atom stereocenters. The van der Waals surface area contributed by atoms with Crippen LogP contribution in [0.5, 0.6) is 0 Å². The average molecular weight is 1690 g/mol. The van der Waals surface area contributed by atoms with Gasteiger partial charge >= 0.3 is 13.1 Å². The first-order valence-corrected chi connectivity index (χ1v) is 34.6. The van der Waals surface area contributed by atoms with Crippen LogP contribution in [-0.4, -0.2) is 152 Å². The van der Waals surface area contributed by atoms with Crippen LogP contribution in [0.3, 0.4) is 0 Å². The van der Waals surface area contributed by atoms with Gasteiger partial charge in [-0.15, -0.1) is 0 Å². The Labute approximate surface area is 668 Å². The van der Waals surface area contributed by atoms with Gasteiger partial charge in [0.25, 0.3) is 17.7 Å². The summed E-state index contributed by atoms with van der Waals surface area (Å²) in [5, 5.41) is 81.3. The minimum atomic E-state index is -1.69. The molecule has 0 spiro atoms. The third-order valence-corrected chi connectivity index (χ3v) is 17.7. The Hall–Kier alpha value is -11.4. The van der Waals surface area contributed by atoms with Gasteiger partial charge in [0.1, 0.15) is 41.0 Å². The minimum absolute atomic E-state index is 0. The van der Waals surface area contributed by atoms with Gasteiger partial charge in [0.2, 0.25) is 5.91 Å². The van der Waals surface area contributed by atoms with E-state index in [2.05, 4.69) is 68.0 Å². The van der Waals surface area contributed by atoms with Crippen LogP contribution in [0.15, 0.2) is 158 Å². The predicted molar refractivity (Wildman–Crippen MR) is 410 cm³/mol. The molecule has 13 N–H and O–H groups in total. The number of hydrogen-bond acceptors (Lipinski definition) is 23. The second-order valence-electron chi connectivity index (χ2n) is 27.7. The van der Waals surface area contributed by atoms with Gasteiger partial charge in [-0.3, -0.25) is 24.2 Å². The molecule has 8 heterocycles. The number of nitrogens with two attached hydrogens (primary N) is 2. The Bertz CT molecular complexity index is 5160. The molecule has 1 aliphatic rings. The third-order valence-electron chi connectivity index (χ3n) is 17.3.